The topological polar surface area (TPSA) is 114 Å². The minimum atomic E-state index is -0.0287. The van der Waals surface area contributed by atoms with Crippen molar-refractivity contribution in [2.45, 2.75) is 51.2 Å². The first-order chi connectivity index (χ1) is 14.1. The Morgan fingerprint density at radius 3 is 3.00 bits per heavy atom. The highest BCUT2D eigenvalue weighted by Crippen LogP contribution is 2.33. The van der Waals surface area contributed by atoms with Crippen LogP contribution < -0.4 is 10.9 Å². The van der Waals surface area contributed by atoms with Crippen LogP contribution in [0.4, 0.5) is 0 Å². The Balaban J connectivity index is 1.23. The molecule has 0 radical (unpaired) electrons. The Kier molecular flexibility index (Phi) is 6.29. The number of H-pyrrole nitrogens is 1. The van der Waals surface area contributed by atoms with Crippen LogP contribution in [0.1, 0.15) is 47.2 Å². The predicted octanol–water partition coefficient (Wildman–Crippen LogP) is 2.54. The Bertz CT molecular complexity index is 1070. The van der Waals surface area contributed by atoms with E-state index >= 15 is 0 Å². The second-order valence-corrected chi connectivity index (χ2v) is 9.23. The highest BCUT2D eigenvalue weighted by atomic mass is 32.2. The number of hydrogen-bond acceptors (Lipinski definition) is 8. The van der Waals surface area contributed by atoms with Gasteiger partial charge in [-0.1, -0.05) is 5.16 Å². The van der Waals surface area contributed by atoms with Gasteiger partial charge in [-0.3, -0.25) is 9.59 Å². The molecule has 4 rings (SSSR count). The first kappa shape index (κ1) is 20.1. The molecule has 1 aliphatic carbocycles. The summed E-state index contributed by atoms with van der Waals surface area (Å²) in [5.41, 5.74) is 1.18. The Labute approximate surface area is 175 Å². The Morgan fingerprint density at radius 2 is 2.17 bits per heavy atom. The molecule has 3 aromatic heterocycles. The van der Waals surface area contributed by atoms with E-state index in [2.05, 4.69) is 25.4 Å². The summed E-state index contributed by atoms with van der Waals surface area (Å²) >= 11 is 3.25. The molecule has 0 atom stereocenters. The van der Waals surface area contributed by atoms with Crippen LogP contribution in [0.15, 0.2) is 9.32 Å². The molecule has 8 nitrogen and oxygen atoms in total. The van der Waals surface area contributed by atoms with E-state index in [0.29, 0.717) is 48.4 Å². The minimum Gasteiger partial charge on any atom is -0.356 e. The third-order valence-electron chi connectivity index (χ3n) is 4.82. The quantitative estimate of drug-likeness (QED) is 0.525. The van der Waals surface area contributed by atoms with E-state index in [1.54, 1.807) is 30.0 Å². The lowest BCUT2D eigenvalue weighted by Gasteiger charge is -2.09. The number of nitrogens with one attached hydrogen (secondary N) is 2. The number of thioether (sulfide) groups is 1. The molecule has 0 fully saturated rings. The van der Waals surface area contributed by atoms with Gasteiger partial charge in [0.2, 0.25) is 11.8 Å². The van der Waals surface area contributed by atoms with Gasteiger partial charge in [-0.25, -0.2) is 4.98 Å². The molecule has 154 valence electrons. The fourth-order valence-corrected chi connectivity index (χ4v) is 5.53. The summed E-state index contributed by atoms with van der Waals surface area (Å²) in [5.74, 6) is 3.03. The molecule has 0 unspecified atom stereocenters. The van der Waals surface area contributed by atoms with E-state index in [0.717, 1.165) is 29.5 Å². The van der Waals surface area contributed by atoms with Gasteiger partial charge in [0.15, 0.2) is 5.82 Å². The van der Waals surface area contributed by atoms with Gasteiger partial charge < -0.3 is 14.8 Å². The first-order valence-corrected chi connectivity index (χ1v) is 11.7. The van der Waals surface area contributed by atoms with Crippen molar-refractivity contribution in [3.05, 3.63) is 38.3 Å². The van der Waals surface area contributed by atoms with Crippen LogP contribution in [-0.2, 0) is 29.8 Å². The summed E-state index contributed by atoms with van der Waals surface area (Å²) < 4.78 is 5.01. The summed E-state index contributed by atoms with van der Waals surface area (Å²) in [7, 11) is 0. The molecule has 3 aromatic rings. The number of aryl methyl sites for hydroxylation is 3. The first-order valence-electron chi connectivity index (χ1n) is 9.77. The lowest BCUT2D eigenvalue weighted by molar-refractivity contribution is -0.120. The maximum Gasteiger partial charge on any atom is 0.259 e. The number of carbonyl (C=O) groups excluding carboxylic acids is 1. The van der Waals surface area contributed by atoms with E-state index in [1.165, 1.54) is 16.9 Å². The van der Waals surface area contributed by atoms with Crippen molar-refractivity contribution in [3.8, 4) is 0 Å². The lowest BCUT2D eigenvalue weighted by atomic mass is 9.97. The standard InChI is InChI=1S/C19H23N5O3S2/c1-11-21-16(27-24-11)6-8-20-15(25)7-9-28-10-14-22-18(26)17-12-4-2-3-5-13(12)29-19(17)23-14/h2-10H2,1H3,(H,20,25)(H,22,23,26). The van der Waals surface area contributed by atoms with Gasteiger partial charge in [0.05, 0.1) is 11.1 Å². The molecule has 3 heterocycles. The zero-order valence-electron chi connectivity index (χ0n) is 16.2. The molecule has 1 aliphatic rings. The van der Waals surface area contributed by atoms with Crippen LogP contribution in [0.2, 0.25) is 0 Å². The normalized spacial score (nSPS) is 13.6. The van der Waals surface area contributed by atoms with Crippen molar-refractivity contribution in [1.82, 2.24) is 25.4 Å². The lowest BCUT2D eigenvalue weighted by Crippen LogP contribution is -2.26. The van der Waals surface area contributed by atoms with Crippen molar-refractivity contribution in [3.63, 3.8) is 0 Å². The number of nitrogens with zero attached hydrogens (tertiary/aromatic N) is 3. The average Bonchev–Trinajstić information content (AvgIpc) is 3.28. The molecule has 0 aliphatic heterocycles. The summed E-state index contributed by atoms with van der Waals surface area (Å²) in [4.78, 5) is 38.3. The van der Waals surface area contributed by atoms with Crippen LogP contribution >= 0.6 is 23.1 Å². The van der Waals surface area contributed by atoms with Crippen LogP contribution in [0.3, 0.4) is 0 Å². The molecular weight excluding hydrogens is 410 g/mol. The van der Waals surface area contributed by atoms with Crippen molar-refractivity contribution < 1.29 is 9.32 Å². The van der Waals surface area contributed by atoms with E-state index in [1.807, 2.05) is 0 Å². The molecule has 29 heavy (non-hydrogen) atoms. The van der Waals surface area contributed by atoms with E-state index in [-0.39, 0.29) is 11.5 Å². The van der Waals surface area contributed by atoms with Gasteiger partial charge in [-0.2, -0.15) is 16.7 Å². The Morgan fingerprint density at radius 1 is 1.31 bits per heavy atom. The molecule has 0 bridgehead atoms. The van der Waals surface area contributed by atoms with Crippen molar-refractivity contribution >= 4 is 39.2 Å². The monoisotopic (exact) mass is 433 g/mol. The fraction of sp³-hybridized carbons (Fsp3) is 0.526. The number of rotatable bonds is 8. The average molecular weight is 434 g/mol. The van der Waals surface area contributed by atoms with Crippen molar-refractivity contribution in [1.29, 1.82) is 0 Å². The molecule has 0 saturated heterocycles. The minimum absolute atomic E-state index is 0.0171. The number of carbonyl (C=O) groups is 1. The van der Waals surface area contributed by atoms with E-state index in [4.69, 9.17) is 4.52 Å². The number of aromatic amines is 1. The fourth-order valence-electron chi connectivity index (χ4n) is 3.45. The number of amides is 1. The van der Waals surface area contributed by atoms with Crippen molar-refractivity contribution in [2.24, 2.45) is 0 Å². The number of aromatic nitrogens is 4. The second kappa shape index (κ2) is 9.08. The van der Waals surface area contributed by atoms with Gasteiger partial charge in [-0.05, 0) is 38.2 Å². The molecule has 0 saturated carbocycles. The van der Waals surface area contributed by atoms with E-state index < -0.39 is 0 Å². The zero-order valence-corrected chi connectivity index (χ0v) is 17.9. The molecule has 1 amide bonds. The summed E-state index contributed by atoms with van der Waals surface area (Å²) in [6, 6.07) is 0. The maximum atomic E-state index is 12.5. The van der Waals surface area contributed by atoms with Crippen molar-refractivity contribution in [2.75, 3.05) is 12.3 Å². The molecule has 10 heteroatoms. The number of hydrogen-bond donors (Lipinski definition) is 2. The molecule has 2 N–H and O–H groups in total. The molecular formula is C19H23N5O3S2. The summed E-state index contributed by atoms with van der Waals surface area (Å²) in [6.07, 6.45) is 5.31. The van der Waals surface area contributed by atoms with Crippen LogP contribution in [-0.4, -0.2) is 38.3 Å². The second-order valence-electron chi connectivity index (χ2n) is 7.04. The van der Waals surface area contributed by atoms with Gasteiger partial charge in [-0.15, -0.1) is 11.3 Å². The number of thiophene rings is 1. The summed E-state index contributed by atoms with van der Waals surface area (Å²) in [6.45, 7) is 2.23. The highest BCUT2D eigenvalue weighted by molar-refractivity contribution is 7.98. The van der Waals surface area contributed by atoms with Gasteiger partial charge >= 0.3 is 0 Å². The third-order valence-corrected chi connectivity index (χ3v) is 6.97. The van der Waals surface area contributed by atoms with E-state index in [9.17, 15) is 9.59 Å². The maximum absolute atomic E-state index is 12.5. The van der Waals surface area contributed by atoms with Crippen LogP contribution in [0, 0.1) is 6.92 Å². The number of fused-ring (bicyclic) bond motifs is 3. The highest BCUT2D eigenvalue weighted by Gasteiger charge is 2.19. The van der Waals surface area contributed by atoms with Gasteiger partial charge in [0, 0.05) is 30.0 Å². The van der Waals surface area contributed by atoms with Crippen LogP contribution in [0.25, 0.3) is 10.2 Å². The third kappa shape index (κ3) is 4.87. The zero-order chi connectivity index (χ0) is 20.2. The van der Waals surface area contributed by atoms with Crippen LogP contribution in [0.5, 0.6) is 0 Å². The Hall–Kier alpha value is -2.20. The summed E-state index contributed by atoms with van der Waals surface area (Å²) in [5, 5.41) is 7.35. The van der Waals surface area contributed by atoms with Gasteiger partial charge in [0.1, 0.15) is 10.7 Å². The smallest absolute Gasteiger partial charge is 0.259 e. The van der Waals surface area contributed by atoms with Gasteiger partial charge in [0.25, 0.3) is 5.56 Å². The molecule has 0 aromatic carbocycles. The predicted molar refractivity (Wildman–Crippen MR) is 113 cm³/mol. The largest absolute Gasteiger partial charge is 0.356 e. The molecule has 0 spiro atoms. The SMILES string of the molecule is Cc1noc(CCNC(=O)CCSCc2nc3sc4c(c3c(=O)[nH]2)CCCC4)n1.